The lowest BCUT2D eigenvalue weighted by atomic mass is 10.5. The van der Waals surface area contributed by atoms with E-state index in [9.17, 15) is 4.79 Å². The van der Waals surface area contributed by atoms with Gasteiger partial charge in [0, 0.05) is 12.4 Å². The van der Waals surface area contributed by atoms with E-state index in [0.717, 1.165) is 0 Å². The Bertz CT molecular complexity index is 239. The first-order chi connectivity index (χ1) is 4.88. The molecule has 10 heavy (non-hydrogen) atoms. The number of aldehydes is 1. The van der Waals surface area contributed by atoms with Gasteiger partial charge in [-0.2, -0.15) is 0 Å². The molecule has 1 heterocycles. The fraction of sp³-hybridized carbons (Fsp3) is 0.167. The lowest BCUT2D eigenvalue weighted by Gasteiger charge is -1.94. The SMILES string of the molecule is CSc1nccnc1C=O. The molecule has 0 saturated heterocycles. The molecule has 0 radical (unpaired) electrons. The maximum absolute atomic E-state index is 10.3. The van der Waals surface area contributed by atoms with E-state index in [1.807, 2.05) is 6.26 Å². The maximum atomic E-state index is 10.3. The molecular weight excluding hydrogens is 148 g/mol. The molecule has 0 aliphatic carbocycles. The van der Waals surface area contributed by atoms with Crippen molar-refractivity contribution < 1.29 is 4.79 Å². The number of nitrogens with zero attached hydrogens (tertiary/aromatic N) is 2. The molecule has 52 valence electrons. The third-order valence-electron chi connectivity index (χ3n) is 0.996. The van der Waals surface area contributed by atoms with Gasteiger partial charge in [-0.05, 0) is 6.26 Å². The third kappa shape index (κ3) is 1.33. The van der Waals surface area contributed by atoms with Gasteiger partial charge >= 0.3 is 0 Å². The van der Waals surface area contributed by atoms with Crippen LogP contribution in [0.1, 0.15) is 10.5 Å². The monoisotopic (exact) mass is 154 g/mol. The van der Waals surface area contributed by atoms with Crippen molar-refractivity contribution in [1.29, 1.82) is 0 Å². The molecule has 0 N–H and O–H groups in total. The first-order valence-corrected chi connectivity index (χ1v) is 3.91. The van der Waals surface area contributed by atoms with Gasteiger partial charge in [-0.3, -0.25) is 4.79 Å². The summed E-state index contributed by atoms with van der Waals surface area (Å²) in [5, 5.41) is 0.678. The van der Waals surface area contributed by atoms with Crippen molar-refractivity contribution in [3.8, 4) is 0 Å². The topological polar surface area (TPSA) is 42.9 Å². The molecule has 0 aliphatic heterocycles. The average molecular weight is 154 g/mol. The zero-order chi connectivity index (χ0) is 7.40. The molecule has 1 rings (SSSR count). The Kier molecular flexibility index (Phi) is 2.39. The van der Waals surface area contributed by atoms with Crippen LogP contribution >= 0.6 is 11.8 Å². The maximum Gasteiger partial charge on any atom is 0.171 e. The van der Waals surface area contributed by atoms with Crippen LogP contribution in [0.2, 0.25) is 0 Å². The molecule has 0 unspecified atom stereocenters. The summed E-state index contributed by atoms with van der Waals surface area (Å²) in [6.45, 7) is 0. The van der Waals surface area contributed by atoms with Crippen molar-refractivity contribution in [2.75, 3.05) is 6.26 Å². The number of aromatic nitrogens is 2. The van der Waals surface area contributed by atoms with E-state index < -0.39 is 0 Å². The van der Waals surface area contributed by atoms with Crippen molar-refractivity contribution in [2.24, 2.45) is 0 Å². The molecule has 0 aromatic carbocycles. The van der Waals surface area contributed by atoms with Crippen LogP contribution in [0.25, 0.3) is 0 Å². The van der Waals surface area contributed by atoms with Gasteiger partial charge in [0.1, 0.15) is 10.7 Å². The Morgan fingerprint density at radius 1 is 1.50 bits per heavy atom. The van der Waals surface area contributed by atoms with E-state index in [0.29, 0.717) is 17.0 Å². The number of carbonyl (C=O) groups excluding carboxylic acids is 1. The van der Waals surface area contributed by atoms with Gasteiger partial charge in [-0.15, -0.1) is 11.8 Å². The van der Waals surface area contributed by atoms with Crippen LogP contribution < -0.4 is 0 Å². The third-order valence-corrected chi connectivity index (χ3v) is 1.70. The number of thioether (sulfide) groups is 1. The number of carbonyl (C=O) groups is 1. The summed E-state index contributed by atoms with van der Waals surface area (Å²) >= 11 is 1.42. The van der Waals surface area contributed by atoms with E-state index in [1.54, 1.807) is 6.20 Å². The normalized spacial score (nSPS) is 9.30. The van der Waals surface area contributed by atoms with Crippen LogP contribution in [0, 0.1) is 0 Å². The zero-order valence-electron chi connectivity index (χ0n) is 5.44. The molecule has 0 aliphatic rings. The van der Waals surface area contributed by atoms with Crippen LogP contribution in [0.5, 0.6) is 0 Å². The van der Waals surface area contributed by atoms with Gasteiger partial charge < -0.3 is 0 Å². The Balaban J connectivity index is 3.08. The van der Waals surface area contributed by atoms with Crippen molar-refractivity contribution in [3.05, 3.63) is 18.1 Å². The van der Waals surface area contributed by atoms with Crippen molar-refractivity contribution in [1.82, 2.24) is 9.97 Å². The Morgan fingerprint density at radius 2 is 2.20 bits per heavy atom. The minimum atomic E-state index is 0.412. The summed E-state index contributed by atoms with van der Waals surface area (Å²) in [6.07, 6.45) is 5.64. The molecule has 0 saturated carbocycles. The number of rotatable bonds is 2. The van der Waals surface area contributed by atoms with E-state index in [2.05, 4.69) is 9.97 Å². The van der Waals surface area contributed by atoms with Crippen LogP contribution in [-0.4, -0.2) is 22.5 Å². The van der Waals surface area contributed by atoms with Crippen molar-refractivity contribution in [3.63, 3.8) is 0 Å². The molecule has 0 atom stereocenters. The molecule has 0 amide bonds. The highest BCUT2D eigenvalue weighted by atomic mass is 32.2. The quantitative estimate of drug-likeness (QED) is 0.471. The molecule has 3 nitrogen and oxygen atoms in total. The first kappa shape index (κ1) is 7.21. The van der Waals surface area contributed by atoms with E-state index in [4.69, 9.17) is 0 Å². The Hall–Kier alpha value is -0.900. The second-order valence-electron chi connectivity index (χ2n) is 1.57. The first-order valence-electron chi connectivity index (χ1n) is 2.68. The van der Waals surface area contributed by atoms with E-state index >= 15 is 0 Å². The van der Waals surface area contributed by atoms with Crippen molar-refractivity contribution >= 4 is 18.0 Å². The number of hydrogen-bond acceptors (Lipinski definition) is 4. The fourth-order valence-electron chi connectivity index (χ4n) is 0.574. The average Bonchev–Trinajstić information content (AvgIpc) is 2.04. The van der Waals surface area contributed by atoms with Crippen LogP contribution in [-0.2, 0) is 0 Å². The lowest BCUT2D eigenvalue weighted by Crippen LogP contribution is -1.91. The van der Waals surface area contributed by atoms with Crippen LogP contribution in [0.3, 0.4) is 0 Å². The Morgan fingerprint density at radius 3 is 2.70 bits per heavy atom. The summed E-state index contributed by atoms with van der Waals surface area (Å²) in [7, 11) is 0. The molecule has 0 bridgehead atoms. The summed E-state index contributed by atoms with van der Waals surface area (Å²) in [5.41, 5.74) is 0.412. The molecule has 1 aromatic rings. The molecule has 0 fully saturated rings. The Labute approximate surface area is 62.9 Å². The minimum Gasteiger partial charge on any atom is -0.296 e. The van der Waals surface area contributed by atoms with Gasteiger partial charge in [-0.1, -0.05) is 0 Å². The van der Waals surface area contributed by atoms with Crippen LogP contribution in [0.4, 0.5) is 0 Å². The predicted molar refractivity (Wildman–Crippen MR) is 39.2 cm³/mol. The molecular formula is C6H6N2OS. The smallest absolute Gasteiger partial charge is 0.171 e. The summed E-state index contributed by atoms with van der Waals surface area (Å²) in [4.78, 5) is 18.0. The van der Waals surface area contributed by atoms with Gasteiger partial charge in [0.05, 0.1) is 0 Å². The van der Waals surface area contributed by atoms with Gasteiger partial charge in [0.15, 0.2) is 6.29 Å². The second kappa shape index (κ2) is 3.31. The highest BCUT2D eigenvalue weighted by Crippen LogP contribution is 2.11. The largest absolute Gasteiger partial charge is 0.296 e. The summed E-state index contributed by atoms with van der Waals surface area (Å²) < 4.78 is 0. The lowest BCUT2D eigenvalue weighted by molar-refractivity contribution is 0.111. The summed E-state index contributed by atoms with van der Waals surface area (Å²) in [6, 6.07) is 0. The molecule has 4 heteroatoms. The minimum absolute atomic E-state index is 0.412. The molecule has 0 spiro atoms. The fourth-order valence-corrected chi connectivity index (χ4v) is 1.05. The number of hydrogen-bond donors (Lipinski definition) is 0. The highest BCUT2D eigenvalue weighted by molar-refractivity contribution is 7.98. The highest BCUT2D eigenvalue weighted by Gasteiger charge is 1.99. The summed E-state index contributed by atoms with van der Waals surface area (Å²) in [5.74, 6) is 0. The van der Waals surface area contributed by atoms with Gasteiger partial charge in [0.25, 0.3) is 0 Å². The molecule has 1 aromatic heterocycles. The zero-order valence-corrected chi connectivity index (χ0v) is 6.26. The predicted octanol–water partition coefficient (Wildman–Crippen LogP) is 1.01. The van der Waals surface area contributed by atoms with Gasteiger partial charge in [-0.25, -0.2) is 9.97 Å². The van der Waals surface area contributed by atoms with Crippen molar-refractivity contribution in [2.45, 2.75) is 5.03 Å². The van der Waals surface area contributed by atoms with Gasteiger partial charge in [0.2, 0.25) is 0 Å². The van der Waals surface area contributed by atoms with E-state index in [-0.39, 0.29) is 0 Å². The standard InChI is InChI=1S/C6H6N2OS/c1-10-6-5(4-9)7-2-3-8-6/h2-4H,1H3. The van der Waals surface area contributed by atoms with Crippen LogP contribution in [0.15, 0.2) is 17.4 Å². The van der Waals surface area contributed by atoms with E-state index in [1.165, 1.54) is 18.0 Å². The second-order valence-corrected chi connectivity index (χ2v) is 2.36.